The number of pyridine rings is 1. The molecule has 5 aliphatic rings. The average molecular weight is 775 g/mol. The standard InChI is InChI=1S/C46H54N4O7/c1-27(51)40-44-36(28(2)55-29(3)52)25-33(56-30(4)53)15-13-22-50(44)45-32-14-10-8-6-7-9-11-21-49-23-19-38(46(40,45)26-49)37(24-32)42-43-35(18-20-47-42)34-16-12-17-39(41(34)48-43)57-31(5)54/h6,8,12,16-18,20,24,33,37-38,45,48H,7,9-11,13-15,19,21-23,25-26H2,1-5H3/b8-6-,36-28?/t33-,37+,38+,45+,46+/m0/s1. The lowest BCUT2D eigenvalue weighted by molar-refractivity contribution is -0.147. The second-order valence-electron chi connectivity index (χ2n) is 16.6. The van der Waals surface area contributed by atoms with E-state index in [0.717, 1.165) is 102 Å². The van der Waals surface area contributed by atoms with Crippen LogP contribution in [0.4, 0.5) is 0 Å². The minimum Gasteiger partial charge on any atom is -0.462 e. The molecule has 1 spiro atoms. The van der Waals surface area contributed by atoms with Crippen LogP contribution >= 0.6 is 0 Å². The molecule has 300 valence electrons. The molecule has 6 atom stereocenters. The van der Waals surface area contributed by atoms with E-state index in [9.17, 15) is 19.2 Å². The number of allylic oxidation sites excluding steroid dienone is 5. The lowest BCUT2D eigenvalue weighted by Gasteiger charge is -2.56. The SMILES string of the molecule is CC(=O)OC(C)=C1C[C@@H](OC(C)=O)CCCN2C1=C(C(C)=O)[C@@]13CN4CCCC/C=C\CCC(=C[C@@H](c5nccc6c5[nH]c5c(OC(C)=O)cccc56)[C@H]1CC4)[C@@H]23. The monoisotopic (exact) mass is 774 g/mol. The van der Waals surface area contributed by atoms with Crippen LogP contribution in [0.15, 0.2) is 76.9 Å². The number of ether oxygens (including phenoxy) is 3. The summed E-state index contributed by atoms with van der Waals surface area (Å²) in [7, 11) is 0. The van der Waals surface area contributed by atoms with Gasteiger partial charge in [-0.15, -0.1) is 0 Å². The highest BCUT2D eigenvalue weighted by Crippen LogP contribution is 2.64. The second-order valence-corrected chi connectivity index (χ2v) is 16.6. The van der Waals surface area contributed by atoms with E-state index in [1.54, 1.807) is 19.9 Å². The van der Waals surface area contributed by atoms with Crippen LogP contribution in [0.3, 0.4) is 0 Å². The highest BCUT2D eigenvalue weighted by molar-refractivity contribution is 6.10. The van der Waals surface area contributed by atoms with Gasteiger partial charge in [0.1, 0.15) is 11.9 Å². The lowest BCUT2D eigenvalue weighted by Crippen LogP contribution is -2.61. The number of Topliss-reactive ketones (excluding diaryl/α,β-unsaturated/α-hetero) is 1. The van der Waals surface area contributed by atoms with Crippen molar-refractivity contribution in [1.82, 2.24) is 19.8 Å². The molecule has 2 aromatic heterocycles. The van der Waals surface area contributed by atoms with Gasteiger partial charge < -0.3 is 29.0 Å². The zero-order valence-electron chi connectivity index (χ0n) is 33.8. The lowest BCUT2D eigenvalue weighted by atomic mass is 9.53. The first kappa shape index (κ1) is 38.8. The van der Waals surface area contributed by atoms with Gasteiger partial charge in [0.05, 0.1) is 28.5 Å². The van der Waals surface area contributed by atoms with Gasteiger partial charge in [0, 0.05) is 79.7 Å². The van der Waals surface area contributed by atoms with E-state index in [-0.39, 0.29) is 35.6 Å². The van der Waals surface area contributed by atoms with Crippen molar-refractivity contribution in [3.63, 3.8) is 0 Å². The van der Waals surface area contributed by atoms with Crippen molar-refractivity contribution in [3.05, 3.63) is 82.6 Å². The predicted octanol–water partition coefficient (Wildman–Crippen LogP) is 7.97. The van der Waals surface area contributed by atoms with Crippen LogP contribution in [-0.2, 0) is 28.7 Å². The van der Waals surface area contributed by atoms with Crippen LogP contribution in [0.2, 0.25) is 0 Å². The first-order valence-corrected chi connectivity index (χ1v) is 20.7. The summed E-state index contributed by atoms with van der Waals surface area (Å²) < 4.78 is 17.4. The maximum atomic E-state index is 14.8. The molecule has 6 heterocycles. The number of carbonyl (C=O) groups excluding carboxylic acids is 4. The molecule has 2 fully saturated rings. The summed E-state index contributed by atoms with van der Waals surface area (Å²) in [5.41, 5.74) is 5.62. The number of hydrogen-bond donors (Lipinski definition) is 1. The quantitative estimate of drug-likeness (QED) is 0.118. The van der Waals surface area contributed by atoms with Gasteiger partial charge in [-0.3, -0.25) is 24.2 Å². The number of para-hydroxylation sites is 1. The number of H-pyrrole nitrogens is 1. The fourth-order valence-corrected chi connectivity index (χ4v) is 11.1. The van der Waals surface area contributed by atoms with Crippen molar-refractivity contribution in [2.75, 3.05) is 26.2 Å². The Morgan fingerprint density at radius 1 is 0.860 bits per heavy atom. The maximum absolute atomic E-state index is 14.8. The number of ketones is 1. The molecule has 1 aromatic carbocycles. The first-order chi connectivity index (χ1) is 27.5. The van der Waals surface area contributed by atoms with E-state index in [2.05, 4.69) is 33.0 Å². The van der Waals surface area contributed by atoms with Gasteiger partial charge >= 0.3 is 17.9 Å². The molecule has 0 amide bonds. The van der Waals surface area contributed by atoms with Crippen LogP contribution in [0.25, 0.3) is 21.8 Å². The number of fused-ring (bicyclic) bond motifs is 5. The van der Waals surface area contributed by atoms with E-state index >= 15 is 0 Å². The van der Waals surface area contributed by atoms with Crippen LogP contribution in [0.5, 0.6) is 5.75 Å². The predicted molar refractivity (Wildman–Crippen MR) is 217 cm³/mol. The number of benzene rings is 1. The Balaban J connectivity index is 1.40. The van der Waals surface area contributed by atoms with Crippen molar-refractivity contribution in [2.45, 2.75) is 110 Å². The number of rotatable bonds is 5. The number of aromatic nitrogens is 2. The molecule has 11 nitrogen and oxygen atoms in total. The number of hydrogen-bond acceptors (Lipinski definition) is 10. The van der Waals surface area contributed by atoms with Gasteiger partial charge in [0.25, 0.3) is 0 Å². The summed E-state index contributed by atoms with van der Waals surface area (Å²) in [6, 6.07) is 7.66. The van der Waals surface area contributed by atoms with Crippen LogP contribution in [0.1, 0.15) is 104 Å². The smallest absolute Gasteiger partial charge is 0.308 e. The highest BCUT2D eigenvalue weighted by Gasteiger charge is 2.64. The minimum absolute atomic E-state index is 0.000163. The van der Waals surface area contributed by atoms with Gasteiger partial charge in [0.2, 0.25) is 0 Å². The van der Waals surface area contributed by atoms with Crippen molar-refractivity contribution in [1.29, 1.82) is 0 Å². The Hall–Kier alpha value is -5.03. The molecule has 8 rings (SSSR count). The zero-order valence-corrected chi connectivity index (χ0v) is 33.8. The van der Waals surface area contributed by atoms with Gasteiger partial charge in [-0.05, 0) is 102 Å². The molecule has 57 heavy (non-hydrogen) atoms. The van der Waals surface area contributed by atoms with E-state index in [1.165, 1.54) is 26.3 Å². The third kappa shape index (κ3) is 7.02. The Kier molecular flexibility index (Phi) is 10.7. The highest BCUT2D eigenvalue weighted by atomic mass is 16.5. The summed E-state index contributed by atoms with van der Waals surface area (Å²) in [5, 5.41) is 1.95. The number of piperidine rings is 1. The van der Waals surface area contributed by atoms with E-state index in [0.29, 0.717) is 37.4 Å². The molecule has 1 unspecified atom stereocenters. The average Bonchev–Trinajstić information content (AvgIpc) is 3.66. The summed E-state index contributed by atoms with van der Waals surface area (Å²) in [6.07, 6.45) is 16.1. The topological polar surface area (TPSA) is 131 Å². The van der Waals surface area contributed by atoms with Crippen LogP contribution < -0.4 is 4.74 Å². The summed E-state index contributed by atoms with van der Waals surface area (Å²) in [4.78, 5) is 65.8. The fourth-order valence-electron chi connectivity index (χ4n) is 11.1. The van der Waals surface area contributed by atoms with E-state index in [4.69, 9.17) is 19.2 Å². The molecular formula is C46H54N4O7. The summed E-state index contributed by atoms with van der Waals surface area (Å²) in [5.74, 6) is -0.400. The molecule has 2 saturated heterocycles. The number of nitrogens with zero attached hydrogens (tertiary/aromatic N) is 3. The van der Waals surface area contributed by atoms with Crippen molar-refractivity contribution in [2.24, 2.45) is 11.3 Å². The Labute approximate surface area is 334 Å². The maximum Gasteiger partial charge on any atom is 0.308 e. The molecule has 11 heteroatoms. The number of esters is 3. The molecule has 4 aliphatic heterocycles. The summed E-state index contributed by atoms with van der Waals surface area (Å²) >= 11 is 0. The molecule has 0 radical (unpaired) electrons. The molecule has 1 N–H and O–H groups in total. The normalized spacial score (nSPS) is 29.1. The summed E-state index contributed by atoms with van der Waals surface area (Å²) in [6.45, 7) is 11.0. The molecule has 0 saturated carbocycles. The third-order valence-electron chi connectivity index (χ3n) is 12.9. The largest absolute Gasteiger partial charge is 0.462 e. The number of aromatic amines is 1. The molecule has 3 aromatic rings. The van der Waals surface area contributed by atoms with Crippen LogP contribution in [0, 0.1) is 11.3 Å². The second kappa shape index (κ2) is 15.7. The van der Waals surface area contributed by atoms with Gasteiger partial charge in [-0.1, -0.05) is 30.4 Å². The third-order valence-corrected chi connectivity index (χ3v) is 12.9. The van der Waals surface area contributed by atoms with Gasteiger partial charge in [-0.25, -0.2) is 0 Å². The van der Waals surface area contributed by atoms with E-state index < -0.39 is 17.5 Å². The fraction of sp³-hybridized carbons (Fsp3) is 0.500. The van der Waals surface area contributed by atoms with Crippen molar-refractivity contribution < 1.29 is 33.4 Å². The number of carbonyl (C=O) groups is 4. The molecule has 3 bridgehead atoms. The number of nitrogens with one attached hydrogen (secondary N) is 1. The van der Waals surface area contributed by atoms with Gasteiger partial charge in [0.15, 0.2) is 11.5 Å². The van der Waals surface area contributed by atoms with Crippen molar-refractivity contribution >= 4 is 45.5 Å². The molecule has 1 aliphatic carbocycles. The Morgan fingerprint density at radius 3 is 2.44 bits per heavy atom. The van der Waals surface area contributed by atoms with Gasteiger partial charge in [-0.2, -0.15) is 0 Å². The van der Waals surface area contributed by atoms with Crippen molar-refractivity contribution in [3.8, 4) is 5.75 Å². The van der Waals surface area contributed by atoms with E-state index in [1.807, 2.05) is 24.4 Å². The zero-order chi connectivity index (χ0) is 40.0. The Bertz CT molecular complexity index is 2260. The first-order valence-electron chi connectivity index (χ1n) is 20.7. The van der Waals surface area contributed by atoms with Crippen LogP contribution in [-0.4, -0.2) is 81.8 Å². The Morgan fingerprint density at radius 2 is 1.67 bits per heavy atom. The molecular weight excluding hydrogens is 721 g/mol. The minimum atomic E-state index is -0.617.